The van der Waals surface area contributed by atoms with Crippen LogP contribution >= 0.6 is 0 Å². The largest absolute Gasteiger partial charge is 0.462 e. The second kappa shape index (κ2) is 20.8. The standard InChI is InChI=1S/C43H74O2/c1-7-8-9-10-11-12-13-14-15-16-17-18-19-25-42(44)45-39-29-26-35(4)38(33-39)28-27-37-24-21-32-43(6)40(30-31-41(37)43)36(5)23-20-22-34(2)3/h27-28,34,36,39-41H,4,7-26,29-33H2,1-3,5-6H3/b37-27+,38-28-/t36-,39-,40-,41+,43-/m1/s1. The fourth-order valence-corrected chi connectivity index (χ4v) is 9.28. The predicted octanol–water partition coefficient (Wildman–Crippen LogP) is 13.7. The molecule has 2 nitrogen and oxygen atoms in total. The molecule has 258 valence electrons. The zero-order valence-corrected chi connectivity index (χ0v) is 30.7. The Hall–Kier alpha value is -1.31. The first-order valence-electron chi connectivity index (χ1n) is 20.0. The normalized spacial score (nSPS) is 27.8. The number of ether oxygens (including phenoxy) is 1. The second-order valence-electron chi connectivity index (χ2n) is 16.3. The van der Waals surface area contributed by atoms with Gasteiger partial charge in [-0.05, 0) is 86.0 Å². The maximum absolute atomic E-state index is 12.7. The highest BCUT2D eigenvalue weighted by Crippen LogP contribution is 2.60. The quantitative estimate of drug-likeness (QED) is 0.0940. The molecule has 0 amide bonds. The van der Waals surface area contributed by atoms with E-state index in [-0.39, 0.29) is 12.1 Å². The van der Waals surface area contributed by atoms with Crippen LogP contribution in [0, 0.1) is 29.1 Å². The lowest BCUT2D eigenvalue weighted by molar-refractivity contribution is -0.149. The van der Waals surface area contributed by atoms with Crippen molar-refractivity contribution in [3.05, 3.63) is 35.5 Å². The lowest BCUT2D eigenvalue weighted by atomic mass is 9.60. The highest BCUT2D eigenvalue weighted by atomic mass is 16.5. The molecule has 3 aliphatic carbocycles. The molecular weight excluding hydrogens is 548 g/mol. The molecule has 5 atom stereocenters. The molecule has 0 aromatic heterocycles. The van der Waals surface area contributed by atoms with Crippen molar-refractivity contribution in [3.8, 4) is 0 Å². The summed E-state index contributed by atoms with van der Waals surface area (Å²) in [5.74, 6) is 3.28. The fourth-order valence-electron chi connectivity index (χ4n) is 9.28. The molecule has 0 saturated heterocycles. The number of esters is 1. The van der Waals surface area contributed by atoms with Crippen LogP contribution in [0.5, 0.6) is 0 Å². The molecule has 45 heavy (non-hydrogen) atoms. The third kappa shape index (κ3) is 13.0. The van der Waals surface area contributed by atoms with Gasteiger partial charge in [0.05, 0.1) is 0 Å². The van der Waals surface area contributed by atoms with E-state index in [9.17, 15) is 4.79 Å². The third-order valence-electron chi connectivity index (χ3n) is 12.1. The van der Waals surface area contributed by atoms with E-state index in [4.69, 9.17) is 4.74 Å². The van der Waals surface area contributed by atoms with Gasteiger partial charge in [-0.25, -0.2) is 0 Å². The van der Waals surface area contributed by atoms with Gasteiger partial charge in [0.2, 0.25) is 0 Å². The minimum absolute atomic E-state index is 0.0100. The number of hydrogen-bond donors (Lipinski definition) is 0. The summed E-state index contributed by atoms with van der Waals surface area (Å²) in [7, 11) is 0. The van der Waals surface area contributed by atoms with Gasteiger partial charge in [0.25, 0.3) is 0 Å². The molecule has 0 bridgehead atoms. The molecule has 0 radical (unpaired) electrons. The lowest BCUT2D eigenvalue weighted by Gasteiger charge is -2.44. The van der Waals surface area contributed by atoms with E-state index in [1.165, 1.54) is 133 Å². The van der Waals surface area contributed by atoms with Crippen molar-refractivity contribution in [1.29, 1.82) is 0 Å². The Bertz CT molecular complexity index is 924. The molecule has 0 aromatic rings. The van der Waals surface area contributed by atoms with Crippen LogP contribution in [0.1, 0.15) is 195 Å². The van der Waals surface area contributed by atoms with Gasteiger partial charge in [0, 0.05) is 12.8 Å². The summed E-state index contributed by atoms with van der Waals surface area (Å²) in [6.07, 6.45) is 36.3. The van der Waals surface area contributed by atoms with E-state index in [0.717, 1.165) is 55.8 Å². The summed E-state index contributed by atoms with van der Waals surface area (Å²) in [6, 6.07) is 0. The van der Waals surface area contributed by atoms with E-state index in [1.54, 1.807) is 5.57 Å². The zero-order valence-electron chi connectivity index (χ0n) is 30.7. The van der Waals surface area contributed by atoms with Gasteiger partial charge in [-0.3, -0.25) is 4.79 Å². The smallest absolute Gasteiger partial charge is 0.306 e. The molecule has 2 heteroatoms. The molecule has 3 aliphatic rings. The molecule has 3 fully saturated rings. The summed E-state index contributed by atoms with van der Waals surface area (Å²) < 4.78 is 6.00. The Morgan fingerprint density at radius 3 is 2.13 bits per heavy atom. The molecule has 0 heterocycles. The molecular formula is C43H74O2. The van der Waals surface area contributed by atoms with Gasteiger partial charge in [-0.15, -0.1) is 0 Å². The minimum Gasteiger partial charge on any atom is -0.462 e. The molecule has 3 saturated carbocycles. The van der Waals surface area contributed by atoms with Crippen LogP contribution in [0.2, 0.25) is 0 Å². The average Bonchev–Trinajstić information content (AvgIpc) is 3.37. The van der Waals surface area contributed by atoms with Crippen LogP contribution in [-0.2, 0) is 9.53 Å². The van der Waals surface area contributed by atoms with Crippen molar-refractivity contribution >= 4 is 5.97 Å². The van der Waals surface area contributed by atoms with Gasteiger partial charge >= 0.3 is 5.97 Å². The SMILES string of the molecule is C=C1CC[C@@H](OC(=O)CCCCCCCCCCCCCCC)C/C1=C/C=C1\CCC[C@]2(C)[C@@H]([C@H](C)CCCC(C)C)CC[C@@H]12. The van der Waals surface area contributed by atoms with Crippen LogP contribution in [0.4, 0.5) is 0 Å². The summed E-state index contributed by atoms with van der Waals surface area (Å²) in [6.45, 7) is 16.6. The van der Waals surface area contributed by atoms with E-state index in [1.807, 2.05) is 0 Å². The van der Waals surface area contributed by atoms with Gasteiger partial charge in [0.15, 0.2) is 0 Å². The van der Waals surface area contributed by atoms with Crippen molar-refractivity contribution in [3.63, 3.8) is 0 Å². The van der Waals surface area contributed by atoms with Crippen LogP contribution in [0.25, 0.3) is 0 Å². The molecule has 0 aliphatic heterocycles. The van der Waals surface area contributed by atoms with Crippen molar-refractivity contribution < 1.29 is 9.53 Å². The number of unbranched alkanes of at least 4 members (excludes halogenated alkanes) is 12. The van der Waals surface area contributed by atoms with Crippen molar-refractivity contribution in [2.75, 3.05) is 0 Å². The number of hydrogen-bond acceptors (Lipinski definition) is 2. The second-order valence-corrected chi connectivity index (χ2v) is 16.3. The van der Waals surface area contributed by atoms with Gasteiger partial charge in [0.1, 0.15) is 6.10 Å². The summed E-state index contributed by atoms with van der Waals surface area (Å²) in [5.41, 5.74) is 4.71. The Kier molecular flexibility index (Phi) is 17.7. The maximum atomic E-state index is 12.7. The average molecular weight is 623 g/mol. The Morgan fingerprint density at radius 1 is 0.844 bits per heavy atom. The predicted molar refractivity (Wildman–Crippen MR) is 195 cm³/mol. The Morgan fingerprint density at radius 2 is 1.49 bits per heavy atom. The molecule has 0 N–H and O–H groups in total. The van der Waals surface area contributed by atoms with Gasteiger partial charge < -0.3 is 4.74 Å². The molecule has 0 spiro atoms. The van der Waals surface area contributed by atoms with Crippen molar-refractivity contribution in [2.45, 2.75) is 201 Å². The van der Waals surface area contributed by atoms with Crippen LogP contribution in [-0.4, -0.2) is 12.1 Å². The first kappa shape index (κ1) is 38.1. The maximum Gasteiger partial charge on any atom is 0.306 e. The number of carbonyl (C=O) groups excluding carboxylic acids is 1. The highest BCUT2D eigenvalue weighted by Gasteiger charge is 2.50. The number of fused-ring (bicyclic) bond motifs is 1. The zero-order chi connectivity index (χ0) is 32.5. The third-order valence-corrected chi connectivity index (χ3v) is 12.1. The van der Waals surface area contributed by atoms with E-state index < -0.39 is 0 Å². The molecule has 3 rings (SSSR count). The highest BCUT2D eigenvalue weighted by molar-refractivity contribution is 5.69. The molecule has 0 aromatic carbocycles. The van der Waals surface area contributed by atoms with Gasteiger partial charge in [-0.1, -0.05) is 161 Å². The summed E-state index contributed by atoms with van der Waals surface area (Å²) in [4.78, 5) is 12.7. The van der Waals surface area contributed by atoms with E-state index in [2.05, 4.69) is 53.3 Å². The topological polar surface area (TPSA) is 26.3 Å². The monoisotopic (exact) mass is 623 g/mol. The van der Waals surface area contributed by atoms with Crippen molar-refractivity contribution in [1.82, 2.24) is 0 Å². The van der Waals surface area contributed by atoms with Crippen molar-refractivity contribution in [2.24, 2.45) is 29.1 Å². The minimum atomic E-state index is 0.0100. The van der Waals surface area contributed by atoms with Crippen LogP contribution in [0.3, 0.4) is 0 Å². The van der Waals surface area contributed by atoms with E-state index >= 15 is 0 Å². The van der Waals surface area contributed by atoms with Crippen LogP contribution in [0.15, 0.2) is 35.5 Å². The van der Waals surface area contributed by atoms with Crippen LogP contribution < -0.4 is 0 Å². The Balaban J connectivity index is 1.37. The lowest BCUT2D eigenvalue weighted by Crippen LogP contribution is -2.36. The molecule has 0 unspecified atom stereocenters. The first-order chi connectivity index (χ1) is 21.7. The number of rotatable bonds is 21. The first-order valence-corrected chi connectivity index (χ1v) is 20.0. The Labute approximate surface area is 280 Å². The summed E-state index contributed by atoms with van der Waals surface area (Å²) >= 11 is 0. The van der Waals surface area contributed by atoms with E-state index in [0.29, 0.717) is 11.8 Å². The number of carbonyl (C=O) groups is 1. The fraction of sp³-hybridized carbons (Fsp3) is 0.837. The van der Waals surface area contributed by atoms with Gasteiger partial charge in [-0.2, -0.15) is 0 Å². The summed E-state index contributed by atoms with van der Waals surface area (Å²) in [5, 5.41) is 0. The number of allylic oxidation sites excluding steroid dienone is 4.